The maximum atomic E-state index is 12.8. The average molecular weight is 462 g/mol. The van der Waals surface area contributed by atoms with Gasteiger partial charge in [-0.15, -0.1) is 0 Å². The molecule has 1 heterocycles. The Hall–Kier alpha value is -2.28. The van der Waals surface area contributed by atoms with Crippen molar-refractivity contribution >= 4 is 53.4 Å². The van der Waals surface area contributed by atoms with E-state index in [4.69, 9.17) is 27.9 Å². The van der Waals surface area contributed by atoms with Gasteiger partial charge in [0.15, 0.2) is 0 Å². The summed E-state index contributed by atoms with van der Waals surface area (Å²) in [5, 5.41) is 3.69. The molecule has 0 saturated heterocycles. The minimum atomic E-state index is -0.460. The summed E-state index contributed by atoms with van der Waals surface area (Å²) in [5.74, 6) is 0.550. The van der Waals surface area contributed by atoms with Crippen molar-refractivity contribution in [1.29, 1.82) is 0 Å². The molecule has 2 N–H and O–H groups in total. The van der Waals surface area contributed by atoms with Crippen LogP contribution in [0.4, 0.5) is 16.2 Å². The summed E-state index contributed by atoms with van der Waals surface area (Å²) in [6.07, 6.45) is 4.61. The first-order valence-electron chi connectivity index (χ1n) is 9.60. The van der Waals surface area contributed by atoms with E-state index in [1.807, 2.05) is 18.2 Å². The van der Waals surface area contributed by atoms with Crippen LogP contribution < -0.4 is 14.4 Å². The fourth-order valence-corrected chi connectivity index (χ4v) is 4.36. The van der Waals surface area contributed by atoms with Crippen molar-refractivity contribution in [2.45, 2.75) is 25.7 Å². The number of amides is 2. The van der Waals surface area contributed by atoms with E-state index < -0.39 is 6.03 Å². The van der Waals surface area contributed by atoms with Crippen LogP contribution in [-0.2, 0) is 12.8 Å². The Morgan fingerprint density at radius 3 is 2.53 bits per heavy atom. The molecular weight excluding hydrogens is 441 g/mol. The van der Waals surface area contributed by atoms with Crippen molar-refractivity contribution in [3.63, 3.8) is 0 Å². The molecule has 0 saturated carbocycles. The first-order valence-corrected chi connectivity index (χ1v) is 10.8. The minimum Gasteiger partial charge on any atom is -0.495 e. The molecule has 2 aromatic carbocycles. The average Bonchev–Trinajstić information content (AvgIpc) is 3.16. The number of hydrogen-bond donors (Lipinski definition) is 3. The molecule has 0 radical (unpaired) electrons. The van der Waals surface area contributed by atoms with Gasteiger partial charge in [-0.3, -0.25) is 0 Å². The molecule has 2 amide bonds. The molecule has 0 aliphatic heterocycles. The first kappa shape index (κ1) is 21.0. The highest BCUT2D eigenvalue weighted by molar-refractivity contribution is 7.82. The lowest BCUT2D eigenvalue weighted by Crippen LogP contribution is -2.27. The molecule has 1 aromatic heterocycles. The predicted molar refractivity (Wildman–Crippen MR) is 126 cm³/mol. The normalized spacial score (nSPS) is 12.9. The number of fused-ring (bicyclic) bond motifs is 1. The summed E-state index contributed by atoms with van der Waals surface area (Å²) in [6, 6.07) is 12.2. The summed E-state index contributed by atoms with van der Waals surface area (Å²) < 4.78 is 6.58. The number of hydrogen-bond acceptors (Lipinski definition) is 3. The number of ether oxygens (including phenoxy) is 1. The molecule has 0 atom stereocenters. The van der Waals surface area contributed by atoms with Gasteiger partial charge in [0.1, 0.15) is 5.75 Å². The SMILES string of the molecule is COc1ccc(-c2cc3c([nH]2)CCCC3)cc1NC(=O)N(S)c1cc(Cl)cc(Cl)c1. The molecule has 1 aliphatic rings. The zero-order valence-electron chi connectivity index (χ0n) is 16.3. The van der Waals surface area contributed by atoms with Gasteiger partial charge < -0.3 is 15.0 Å². The van der Waals surface area contributed by atoms with E-state index in [2.05, 4.69) is 29.2 Å². The quantitative estimate of drug-likeness (QED) is 0.375. The number of halogens is 2. The summed E-state index contributed by atoms with van der Waals surface area (Å²) in [7, 11) is 1.56. The van der Waals surface area contributed by atoms with Crippen LogP contribution in [0.5, 0.6) is 5.75 Å². The Morgan fingerprint density at radius 1 is 1.10 bits per heavy atom. The molecular formula is C22H21Cl2N3O2S. The lowest BCUT2D eigenvalue weighted by molar-refractivity contribution is 0.260. The second-order valence-corrected chi connectivity index (χ2v) is 8.45. The van der Waals surface area contributed by atoms with Gasteiger partial charge in [0.2, 0.25) is 0 Å². The Bertz CT molecular complexity index is 1060. The molecule has 0 spiro atoms. The van der Waals surface area contributed by atoms with Gasteiger partial charge >= 0.3 is 6.03 Å². The summed E-state index contributed by atoms with van der Waals surface area (Å²) in [6.45, 7) is 0. The lowest BCUT2D eigenvalue weighted by atomic mass is 9.98. The Kier molecular flexibility index (Phi) is 6.18. The van der Waals surface area contributed by atoms with Gasteiger partial charge in [0.25, 0.3) is 0 Å². The highest BCUT2D eigenvalue weighted by Crippen LogP contribution is 2.34. The van der Waals surface area contributed by atoms with E-state index in [1.54, 1.807) is 25.3 Å². The van der Waals surface area contributed by atoms with Crippen LogP contribution in [0.15, 0.2) is 42.5 Å². The van der Waals surface area contributed by atoms with Gasteiger partial charge in [-0.2, -0.15) is 0 Å². The van der Waals surface area contributed by atoms with Crippen LogP contribution in [0.1, 0.15) is 24.1 Å². The molecule has 1 aliphatic carbocycles. The van der Waals surface area contributed by atoms with Crippen molar-refractivity contribution in [1.82, 2.24) is 4.98 Å². The van der Waals surface area contributed by atoms with Crippen LogP contribution in [0, 0.1) is 0 Å². The number of methoxy groups -OCH3 is 1. The van der Waals surface area contributed by atoms with Crippen molar-refractivity contribution in [2.75, 3.05) is 16.7 Å². The monoisotopic (exact) mass is 461 g/mol. The molecule has 5 nitrogen and oxygen atoms in total. The second kappa shape index (κ2) is 8.84. The number of nitrogens with one attached hydrogen (secondary N) is 2. The van der Waals surface area contributed by atoms with Gasteiger partial charge in [0, 0.05) is 27.0 Å². The predicted octanol–water partition coefficient (Wildman–Crippen LogP) is 6.76. The van der Waals surface area contributed by atoms with Crippen molar-refractivity contribution in [3.05, 3.63) is 63.8 Å². The maximum absolute atomic E-state index is 12.8. The van der Waals surface area contributed by atoms with Crippen LogP contribution in [0.2, 0.25) is 10.0 Å². The van der Waals surface area contributed by atoms with E-state index in [9.17, 15) is 4.79 Å². The van der Waals surface area contributed by atoms with Crippen molar-refractivity contribution in [3.8, 4) is 17.0 Å². The number of aromatic amines is 1. The Morgan fingerprint density at radius 2 is 1.83 bits per heavy atom. The third kappa shape index (κ3) is 4.41. The summed E-state index contributed by atoms with van der Waals surface area (Å²) in [5.41, 5.74) is 5.68. The van der Waals surface area contributed by atoms with Crippen LogP contribution in [-0.4, -0.2) is 18.1 Å². The second-order valence-electron chi connectivity index (χ2n) is 7.18. The highest BCUT2D eigenvalue weighted by atomic mass is 35.5. The number of carbonyl (C=O) groups excluding carboxylic acids is 1. The largest absolute Gasteiger partial charge is 0.495 e. The van der Waals surface area contributed by atoms with Gasteiger partial charge in [0.05, 0.1) is 18.5 Å². The molecule has 4 rings (SSSR count). The van der Waals surface area contributed by atoms with E-state index >= 15 is 0 Å². The number of aryl methyl sites for hydroxylation is 2. The van der Waals surface area contributed by atoms with E-state index in [-0.39, 0.29) is 0 Å². The number of rotatable bonds is 4. The van der Waals surface area contributed by atoms with E-state index in [0.29, 0.717) is 27.2 Å². The number of benzene rings is 2. The van der Waals surface area contributed by atoms with Crippen LogP contribution >= 0.6 is 36.0 Å². The Balaban J connectivity index is 1.60. The Labute approximate surface area is 190 Å². The van der Waals surface area contributed by atoms with E-state index in [1.165, 1.54) is 24.1 Å². The number of aromatic nitrogens is 1. The number of nitrogens with zero attached hydrogens (tertiary/aromatic N) is 1. The highest BCUT2D eigenvalue weighted by Gasteiger charge is 2.18. The number of H-pyrrole nitrogens is 1. The fraction of sp³-hybridized carbons (Fsp3) is 0.227. The van der Waals surface area contributed by atoms with Crippen molar-refractivity contribution < 1.29 is 9.53 Å². The van der Waals surface area contributed by atoms with Gasteiger partial charge in [-0.05, 0) is 73.7 Å². The molecule has 8 heteroatoms. The molecule has 156 valence electrons. The molecule has 0 unspecified atom stereocenters. The van der Waals surface area contributed by atoms with Crippen molar-refractivity contribution in [2.24, 2.45) is 0 Å². The standard InChI is InChI=1S/C22H21Cl2N3O2S/c1-29-21-7-6-14(19-8-13-4-2-3-5-18(13)25-19)9-20(21)26-22(28)27(30)17-11-15(23)10-16(24)12-17/h6-12,25,30H,2-5H2,1H3,(H,26,28). The summed E-state index contributed by atoms with van der Waals surface area (Å²) >= 11 is 16.4. The minimum absolute atomic E-state index is 0.416. The fourth-order valence-electron chi connectivity index (χ4n) is 3.68. The molecule has 0 bridgehead atoms. The number of carbonyl (C=O) groups is 1. The number of anilines is 2. The van der Waals surface area contributed by atoms with Crippen LogP contribution in [0.25, 0.3) is 11.3 Å². The zero-order chi connectivity index (χ0) is 21.3. The zero-order valence-corrected chi connectivity index (χ0v) is 18.7. The van der Waals surface area contributed by atoms with E-state index in [0.717, 1.165) is 28.4 Å². The third-order valence-electron chi connectivity index (χ3n) is 5.15. The van der Waals surface area contributed by atoms with Gasteiger partial charge in [-0.1, -0.05) is 36.0 Å². The summed E-state index contributed by atoms with van der Waals surface area (Å²) in [4.78, 5) is 16.3. The smallest absolute Gasteiger partial charge is 0.336 e. The topological polar surface area (TPSA) is 57.4 Å². The third-order valence-corrected chi connectivity index (χ3v) is 6.00. The maximum Gasteiger partial charge on any atom is 0.336 e. The van der Waals surface area contributed by atoms with Gasteiger partial charge in [-0.25, -0.2) is 9.10 Å². The molecule has 0 fully saturated rings. The van der Waals surface area contributed by atoms with Crippen LogP contribution in [0.3, 0.4) is 0 Å². The first-order chi connectivity index (χ1) is 14.4. The lowest BCUT2D eigenvalue weighted by Gasteiger charge is -2.19. The number of urea groups is 1. The number of thiol groups is 1. The molecule has 30 heavy (non-hydrogen) atoms. The molecule has 3 aromatic rings.